The minimum atomic E-state index is 0. The minimum Gasteiger partial charge on any atom is -0.370 e. The lowest BCUT2D eigenvalue weighted by molar-refractivity contribution is 1.05. The maximum absolute atomic E-state index is 6.14. The van der Waals surface area contributed by atoms with E-state index in [4.69, 9.17) is 5.73 Å². The molecule has 27 heavy (non-hydrogen) atoms. The second-order valence-corrected chi connectivity index (χ2v) is 6.02. The molecule has 0 saturated carbocycles. The Hall–Kier alpha value is -2.42. The lowest BCUT2D eigenvalue weighted by atomic mass is 10.0. The van der Waals surface area contributed by atoms with Gasteiger partial charge in [0, 0.05) is 11.3 Å². The summed E-state index contributed by atoms with van der Waals surface area (Å²) in [6, 6.07) is 14.4. The monoisotopic (exact) mass is 476 g/mol. The van der Waals surface area contributed by atoms with Crippen molar-refractivity contribution in [3.63, 3.8) is 0 Å². The smallest absolute Gasteiger partial charge is 0.193 e. The Morgan fingerprint density at radius 2 is 1.81 bits per heavy atom. The molecule has 0 atom stereocenters. The number of guanidine groups is 1. The number of rotatable bonds is 6. The number of aliphatic imine (C=N–C) groups is 1. The van der Waals surface area contributed by atoms with E-state index in [9.17, 15) is 0 Å². The Balaban J connectivity index is 0.00000261. The number of halogens is 1. The van der Waals surface area contributed by atoms with Crippen LogP contribution in [0.2, 0.25) is 0 Å². The number of aryl methyl sites for hydroxylation is 2. The maximum Gasteiger partial charge on any atom is 0.193 e. The van der Waals surface area contributed by atoms with Gasteiger partial charge in [-0.25, -0.2) is 9.98 Å². The molecule has 0 spiro atoms. The lowest BCUT2D eigenvalue weighted by Crippen LogP contribution is -2.24. The fourth-order valence-electron chi connectivity index (χ4n) is 2.91. The van der Waals surface area contributed by atoms with Crippen LogP contribution in [-0.2, 0) is 19.4 Å². The van der Waals surface area contributed by atoms with Gasteiger partial charge in [0.05, 0.1) is 6.54 Å². The molecule has 0 aliphatic rings. The molecule has 2 aromatic carbocycles. The summed E-state index contributed by atoms with van der Waals surface area (Å²) in [4.78, 5) is 8.68. The molecular weight excluding hydrogens is 451 g/mol. The van der Waals surface area contributed by atoms with Crippen LogP contribution in [0.15, 0.2) is 53.8 Å². The number of hydrogen-bond donors (Lipinski definition) is 3. The molecule has 0 amide bonds. The predicted molar refractivity (Wildman–Crippen MR) is 121 cm³/mol. The summed E-state index contributed by atoms with van der Waals surface area (Å²) in [5.74, 6) is 1.16. The number of para-hydroxylation sites is 1. The van der Waals surface area contributed by atoms with Gasteiger partial charge in [-0.15, -0.1) is 24.0 Å². The van der Waals surface area contributed by atoms with E-state index in [-0.39, 0.29) is 24.0 Å². The Bertz CT molecular complexity index is 867. The van der Waals surface area contributed by atoms with Gasteiger partial charge in [0.1, 0.15) is 6.33 Å². The first-order valence-corrected chi connectivity index (χ1v) is 8.83. The summed E-state index contributed by atoms with van der Waals surface area (Å²) < 4.78 is 0. The highest BCUT2D eigenvalue weighted by molar-refractivity contribution is 14.0. The van der Waals surface area contributed by atoms with Crippen LogP contribution in [0.5, 0.6) is 0 Å². The zero-order valence-electron chi connectivity index (χ0n) is 15.6. The minimum absolute atomic E-state index is 0. The van der Waals surface area contributed by atoms with Crippen molar-refractivity contribution >= 4 is 35.6 Å². The number of nitrogens with zero attached hydrogens (tertiary/aromatic N) is 3. The first-order chi connectivity index (χ1) is 12.7. The lowest BCUT2D eigenvalue weighted by Gasteiger charge is -2.14. The molecule has 7 heteroatoms. The molecule has 3 aromatic rings. The number of nitrogens with two attached hydrogens (primary N) is 1. The van der Waals surface area contributed by atoms with Crippen LogP contribution in [0.4, 0.5) is 5.69 Å². The topological polar surface area (TPSA) is 92.0 Å². The van der Waals surface area contributed by atoms with E-state index < -0.39 is 0 Å². The molecule has 0 aliphatic heterocycles. The van der Waals surface area contributed by atoms with Gasteiger partial charge in [0.15, 0.2) is 11.8 Å². The van der Waals surface area contributed by atoms with Gasteiger partial charge < -0.3 is 11.1 Å². The number of nitrogens with one attached hydrogen (secondary N) is 2. The largest absolute Gasteiger partial charge is 0.370 e. The molecule has 0 fully saturated rings. The Labute approximate surface area is 176 Å². The zero-order chi connectivity index (χ0) is 18.4. The van der Waals surface area contributed by atoms with E-state index >= 15 is 0 Å². The molecule has 0 unspecified atom stereocenters. The summed E-state index contributed by atoms with van der Waals surface area (Å²) in [5.41, 5.74) is 11.7. The molecule has 0 saturated heterocycles. The summed E-state index contributed by atoms with van der Waals surface area (Å²) in [7, 11) is 0. The quantitative estimate of drug-likeness (QED) is 0.283. The van der Waals surface area contributed by atoms with Crippen LogP contribution >= 0.6 is 24.0 Å². The summed E-state index contributed by atoms with van der Waals surface area (Å²) in [6.07, 6.45) is 3.39. The Morgan fingerprint density at radius 1 is 1.11 bits per heavy atom. The van der Waals surface area contributed by atoms with E-state index in [1.54, 1.807) is 0 Å². The van der Waals surface area contributed by atoms with E-state index in [1.807, 2.05) is 24.3 Å². The molecule has 142 valence electrons. The molecule has 1 aromatic heterocycles. The van der Waals surface area contributed by atoms with Gasteiger partial charge in [0.2, 0.25) is 0 Å². The van der Waals surface area contributed by atoms with Crippen molar-refractivity contribution in [2.24, 2.45) is 10.7 Å². The van der Waals surface area contributed by atoms with Crippen LogP contribution in [0.3, 0.4) is 0 Å². The molecule has 0 aliphatic carbocycles. The average Bonchev–Trinajstić information content (AvgIpc) is 3.21. The van der Waals surface area contributed by atoms with Gasteiger partial charge in [-0.05, 0) is 35.6 Å². The van der Waals surface area contributed by atoms with Crippen molar-refractivity contribution in [1.29, 1.82) is 0 Å². The van der Waals surface area contributed by atoms with Crippen molar-refractivity contribution in [2.45, 2.75) is 33.2 Å². The average molecular weight is 476 g/mol. The van der Waals surface area contributed by atoms with Gasteiger partial charge in [0.25, 0.3) is 0 Å². The van der Waals surface area contributed by atoms with Crippen LogP contribution in [0.1, 0.15) is 30.5 Å². The van der Waals surface area contributed by atoms with Crippen LogP contribution in [0, 0.1) is 0 Å². The highest BCUT2D eigenvalue weighted by Gasteiger charge is 2.07. The molecular formula is C20H25IN6. The number of benzene rings is 2. The molecule has 3 rings (SSSR count). The van der Waals surface area contributed by atoms with E-state index in [0.717, 1.165) is 35.5 Å². The number of hydrogen-bond acceptors (Lipinski definition) is 3. The second kappa shape index (κ2) is 10.1. The number of H-pyrrole nitrogens is 1. The highest BCUT2D eigenvalue weighted by atomic mass is 127. The van der Waals surface area contributed by atoms with E-state index in [1.165, 1.54) is 17.5 Å². The second-order valence-electron chi connectivity index (χ2n) is 6.02. The van der Waals surface area contributed by atoms with E-state index in [2.05, 4.69) is 57.5 Å². The molecule has 0 bridgehead atoms. The van der Waals surface area contributed by atoms with E-state index in [0.29, 0.717) is 12.5 Å². The van der Waals surface area contributed by atoms with Crippen molar-refractivity contribution < 1.29 is 0 Å². The van der Waals surface area contributed by atoms with Crippen molar-refractivity contribution in [1.82, 2.24) is 15.2 Å². The number of aromatic amines is 1. The third-order valence-electron chi connectivity index (χ3n) is 4.30. The summed E-state index contributed by atoms with van der Waals surface area (Å²) >= 11 is 0. The molecule has 4 N–H and O–H groups in total. The number of anilines is 1. The summed E-state index contributed by atoms with van der Waals surface area (Å²) in [5, 5.41) is 10.1. The molecule has 0 radical (unpaired) electrons. The fraction of sp³-hybridized carbons (Fsp3) is 0.250. The first kappa shape index (κ1) is 20.9. The van der Waals surface area contributed by atoms with Crippen molar-refractivity contribution in [3.05, 3.63) is 65.5 Å². The normalized spacial score (nSPS) is 11.1. The molecule has 6 nitrogen and oxygen atoms in total. The van der Waals surface area contributed by atoms with Crippen molar-refractivity contribution in [3.8, 4) is 11.4 Å². The Morgan fingerprint density at radius 3 is 2.44 bits per heavy atom. The van der Waals surface area contributed by atoms with Crippen LogP contribution < -0.4 is 11.1 Å². The van der Waals surface area contributed by atoms with Gasteiger partial charge in [-0.1, -0.05) is 50.2 Å². The summed E-state index contributed by atoms with van der Waals surface area (Å²) in [6.45, 7) is 4.78. The fourth-order valence-corrected chi connectivity index (χ4v) is 2.91. The van der Waals surface area contributed by atoms with Gasteiger partial charge in [-0.2, -0.15) is 5.10 Å². The third kappa shape index (κ3) is 5.29. The molecule has 1 heterocycles. The highest BCUT2D eigenvalue weighted by Crippen LogP contribution is 2.22. The number of aromatic nitrogens is 3. The SMILES string of the molecule is CCc1cccc(CC)c1NC(N)=NCc1cccc(-c2ncn[nH]2)c1.I. The first-order valence-electron chi connectivity index (χ1n) is 8.83. The predicted octanol–water partition coefficient (Wildman–Crippen LogP) is 4.14. The maximum atomic E-state index is 6.14. The van der Waals surface area contributed by atoms with Gasteiger partial charge >= 0.3 is 0 Å². The standard InChI is InChI=1S/C20H24N6.HI/c1-3-15-8-6-9-16(4-2)18(15)25-20(21)22-12-14-7-5-10-17(11-14)19-23-13-24-26-19;/h5-11,13H,3-4,12H2,1-2H3,(H3,21,22,25)(H,23,24,26);1H. The zero-order valence-corrected chi connectivity index (χ0v) is 17.9. The van der Waals surface area contributed by atoms with Crippen molar-refractivity contribution in [2.75, 3.05) is 5.32 Å². The third-order valence-corrected chi connectivity index (χ3v) is 4.30. The van der Waals surface area contributed by atoms with Gasteiger partial charge in [-0.3, -0.25) is 5.10 Å². The van der Waals surface area contributed by atoms with Crippen LogP contribution in [0.25, 0.3) is 11.4 Å². The van der Waals surface area contributed by atoms with Crippen LogP contribution in [-0.4, -0.2) is 21.1 Å². The Kier molecular flexibility index (Phi) is 7.78.